The van der Waals surface area contributed by atoms with E-state index in [4.69, 9.17) is 9.47 Å². The minimum atomic E-state index is -0.221. The molecular formula is C27H24Br2N2O4. The van der Waals surface area contributed by atoms with Crippen molar-refractivity contribution in [3.63, 3.8) is 0 Å². The molecule has 0 bridgehead atoms. The van der Waals surface area contributed by atoms with Gasteiger partial charge in [-0.3, -0.25) is 9.59 Å². The lowest BCUT2D eigenvalue weighted by Crippen LogP contribution is -2.34. The van der Waals surface area contributed by atoms with Crippen molar-refractivity contribution in [3.05, 3.63) is 81.7 Å². The van der Waals surface area contributed by atoms with E-state index in [0.29, 0.717) is 31.0 Å². The van der Waals surface area contributed by atoms with Crippen LogP contribution < -0.4 is 20.1 Å². The Hall–Kier alpha value is -3.10. The highest BCUT2D eigenvalue weighted by atomic mass is 79.9. The molecule has 0 spiro atoms. The molecule has 35 heavy (non-hydrogen) atoms. The number of ether oxygens (including phenoxy) is 2. The van der Waals surface area contributed by atoms with Gasteiger partial charge in [0.25, 0.3) is 11.8 Å². The zero-order chi connectivity index (χ0) is 24.6. The maximum atomic E-state index is 12.1. The van der Waals surface area contributed by atoms with Gasteiger partial charge in [0, 0.05) is 13.1 Å². The predicted molar refractivity (Wildman–Crippen MR) is 145 cm³/mol. The lowest BCUT2D eigenvalue weighted by atomic mass is 10.1. The van der Waals surface area contributed by atoms with Gasteiger partial charge in [0.15, 0.2) is 13.2 Å². The van der Waals surface area contributed by atoms with Gasteiger partial charge in [0.05, 0.1) is 8.95 Å². The number of benzene rings is 4. The van der Waals surface area contributed by atoms with Gasteiger partial charge in [0.2, 0.25) is 0 Å². The van der Waals surface area contributed by atoms with Crippen molar-refractivity contribution in [2.45, 2.75) is 6.42 Å². The molecule has 0 heterocycles. The Balaban J connectivity index is 1.13. The molecule has 4 aromatic carbocycles. The topological polar surface area (TPSA) is 76.7 Å². The van der Waals surface area contributed by atoms with E-state index in [1.807, 2.05) is 72.8 Å². The van der Waals surface area contributed by atoms with E-state index in [-0.39, 0.29) is 25.0 Å². The van der Waals surface area contributed by atoms with Gasteiger partial charge in [-0.15, -0.1) is 0 Å². The second-order valence-corrected chi connectivity index (χ2v) is 9.41. The fourth-order valence-electron chi connectivity index (χ4n) is 3.58. The Morgan fingerprint density at radius 3 is 1.51 bits per heavy atom. The van der Waals surface area contributed by atoms with Gasteiger partial charge in [-0.2, -0.15) is 0 Å². The molecule has 8 heteroatoms. The molecule has 4 rings (SSSR count). The Morgan fingerprint density at radius 1 is 0.629 bits per heavy atom. The molecular weight excluding hydrogens is 576 g/mol. The van der Waals surface area contributed by atoms with E-state index < -0.39 is 0 Å². The number of amides is 2. The number of carbonyl (C=O) groups is 2. The highest BCUT2D eigenvalue weighted by molar-refractivity contribution is 9.11. The molecule has 6 nitrogen and oxygen atoms in total. The molecule has 0 unspecified atom stereocenters. The summed E-state index contributed by atoms with van der Waals surface area (Å²) in [6.45, 7) is 0.687. The molecule has 0 saturated heterocycles. The molecule has 0 radical (unpaired) electrons. The summed E-state index contributed by atoms with van der Waals surface area (Å²) in [6, 6.07) is 23.5. The van der Waals surface area contributed by atoms with Crippen molar-refractivity contribution < 1.29 is 19.1 Å². The maximum absolute atomic E-state index is 12.1. The third kappa shape index (κ3) is 6.52. The van der Waals surface area contributed by atoms with Gasteiger partial charge < -0.3 is 20.1 Å². The lowest BCUT2D eigenvalue weighted by Gasteiger charge is -2.12. The van der Waals surface area contributed by atoms with Crippen molar-refractivity contribution in [3.8, 4) is 11.5 Å². The van der Waals surface area contributed by atoms with E-state index in [9.17, 15) is 9.59 Å². The zero-order valence-electron chi connectivity index (χ0n) is 18.9. The van der Waals surface area contributed by atoms with Crippen LogP contribution in [-0.2, 0) is 9.59 Å². The molecule has 0 atom stereocenters. The minimum Gasteiger partial charge on any atom is -0.483 e. The first kappa shape index (κ1) is 25.0. The highest BCUT2D eigenvalue weighted by Crippen LogP contribution is 2.34. The maximum Gasteiger partial charge on any atom is 0.257 e. The summed E-state index contributed by atoms with van der Waals surface area (Å²) >= 11 is 7.10. The summed E-state index contributed by atoms with van der Waals surface area (Å²) in [5.41, 5.74) is 0. The van der Waals surface area contributed by atoms with Crippen molar-refractivity contribution in [1.82, 2.24) is 10.6 Å². The summed E-state index contributed by atoms with van der Waals surface area (Å²) in [6.07, 6.45) is 0.594. The minimum absolute atomic E-state index is 0.0855. The number of hydrogen-bond acceptors (Lipinski definition) is 4. The molecule has 0 aliphatic carbocycles. The number of carbonyl (C=O) groups excluding carboxylic acids is 2. The fraction of sp³-hybridized carbons (Fsp3) is 0.185. The third-order valence-corrected chi connectivity index (χ3v) is 7.01. The monoisotopic (exact) mass is 598 g/mol. The van der Waals surface area contributed by atoms with Crippen molar-refractivity contribution in [2.24, 2.45) is 0 Å². The predicted octanol–water partition coefficient (Wildman–Crippen LogP) is 5.60. The third-order valence-electron chi connectivity index (χ3n) is 5.37. The number of nitrogens with one attached hydrogen (secondary N) is 2. The van der Waals surface area contributed by atoms with Crippen LogP contribution in [0.5, 0.6) is 11.5 Å². The largest absolute Gasteiger partial charge is 0.483 e. The summed E-state index contributed by atoms with van der Waals surface area (Å²) < 4.78 is 13.0. The summed E-state index contributed by atoms with van der Waals surface area (Å²) in [7, 11) is 0. The Morgan fingerprint density at radius 2 is 1.06 bits per heavy atom. The average molecular weight is 600 g/mol. The molecule has 4 aromatic rings. The van der Waals surface area contributed by atoms with Crippen LogP contribution in [0.2, 0.25) is 0 Å². The van der Waals surface area contributed by atoms with Crippen LogP contribution in [-0.4, -0.2) is 38.1 Å². The lowest BCUT2D eigenvalue weighted by molar-refractivity contribution is -0.123. The van der Waals surface area contributed by atoms with Crippen LogP contribution in [0.3, 0.4) is 0 Å². The SMILES string of the molecule is O=C(COc1ccc2ccccc2c1Br)NCCCNC(=O)COc1ccc2ccccc2c1Br. The molecule has 180 valence electrons. The van der Waals surface area contributed by atoms with Crippen molar-refractivity contribution in [2.75, 3.05) is 26.3 Å². The average Bonchev–Trinajstić information content (AvgIpc) is 2.88. The second-order valence-electron chi connectivity index (χ2n) is 7.83. The van der Waals surface area contributed by atoms with Crippen LogP contribution in [0.15, 0.2) is 81.7 Å². The van der Waals surface area contributed by atoms with E-state index >= 15 is 0 Å². The summed E-state index contributed by atoms with van der Waals surface area (Å²) in [5, 5.41) is 9.83. The smallest absolute Gasteiger partial charge is 0.257 e. The van der Waals surface area contributed by atoms with Crippen LogP contribution in [0.25, 0.3) is 21.5 Å². The first-order valence-corrected chi connectivity index (χ1v) is 12.7. The van der Waals surface area contributed by atoms with Crippen LogP contribution in [0.4, 0.5) is 0 Å². The van der Waals surface area contributed by atoms with Gasteiger partial charge in [0.1, 0.15) is 11.5 Å². The van der Waals surface area contributed by atoms with Gasteiger partial charge >= 0.3 is 0 Å². The van der Waals surface area contributed by atoms with Gasteiger partial charge in [-0.25, -0.2) is 0 Å². The van der Waals surface area contributed by atoms with Crippen molar-refractivity contribution >= 4 is 65.2 Å². The van der Waals surface area contributed by atoms with Gasteiger partial charge in [-0.1, -0.05) is 60.7 Å². The zero-order valence-corrected chi connectivity index (χ0v) is 22.0. The first-order valence-electron chi connectivity index (χ1n) is 11.2. The molecule has 2 amide bonds. The molecule has 0 saturated carbocycles. The normalized spacial score (nSPS) is 10.8. The van der Waals surface area contributed by atoms with Crippen molar-refractivity contribution in [1.29, 1.82) is 0 Å². The molecule has 0 fully saturated rings. The standard InChI is InChI=1S/C27H24Br2N2O4/c28-26-20-8-3-1-6-18(20)10-12-22(26)34-16-24(32)30-14-5-15-31-25(33)17-35-23-13-11-19-7-2-4-9-21(19)27(23)29/h1-4,6-13H,5,14-17H2,(H,30,32)(H,31,33). The molecule has 0 aliphatic rings. The van der Waals surface area contributed by atoms with Crippen LogP contribution in [0, 0.1) is 0 Å². The molecule has 2 N–H and O–H groups in total. The second kappa shape index (κ2) is 12.0. The fourth-order valence-corrected chi connectivity index (χ4v) is 4.80. The van der Waals surface area contributed by atoms with E-state index in [0.717, 1.165) is 30.5 Å². The Labute approximate surface area is 220 Å². The number of hydrogen-bond donors (Lipinski definition) is 2. The van der Waals surface area contributed by atoms with Gasteiger partial charge in [-0.05, 0) is 72.0 Å². The van der Waals surface area contributed by atoms with E-state index in [2.05, 4.69) is 42.5 Å². The quantitative estimate of drug-likeness (QED) is 0.233. The molecule has 0 aromatic heterocycles. The Bertz CT molecular complexity index is 1260. The number of fused-ring (bicyclic) bond motifs is 2. The Kier molecular flexibility index (Phi) is 8.60. The molecule has 0 aliphatic heterocycles. The first-order chi connectivity index (χ1) is 17.0. The number of rotatable bonds is 10. The summed E-state index contributed by atoms with van der Waals surface area (Å²) in [4.78, 5) is 24.2. The van der Waals surface area contributed by atoms with E-state index in [1.165, 1.54) is 0 Å². The number of halogens is 2. The highest BCUT2D eigenvalue weighted by Gasteiger charge is 2.10. The van der Waals surface area contributed by atoms with Crippen LogP contribution >= 0.6 is 31.9 Å². The van der Waals surface area contributed by atoms with Crippen LogP contribution in [0.1, 0.15) is 6.42 Å². The summed E-state index contributed by atoms with van der Waals surface area (Å²) in [5.74, 6) is 0.787. The van der Waals surface area contributed by atoms with E-state index in [1.54, 1.807) is 0 Å².